The van der Waals surface area contributed by atoms with E-state index in [0.717, 1.165) is 42.3 Å². The zero-order valence-electron chi connectivity index (χ0n) is 16.4. The van der Waals surface area contributed by atoms with Crippen LogP contribution in [0, 0.1) is 0 Å². The van der Waals surface area contributed by atoms with Gasteiger partial charge in [0.25, 0.3) is 5.91 Å². The SMILES string of the molecule is O=C(c1cc(C2CC2)nc2ccccc12)N(C[C@H]1CCCO1)[C@H]1CCS(=O)(=O)C1. The molecule has 0 N–H and O–H groups in total. The number of carbonyl (C=O) groups is 1. The zero-order valence-corrected chi connectivity index (χ0v) is 17.2. The second kappa shape index (κ2) is 7.36. The number of amides is 1. The molecule has 154 valence electrons. The molecular weight excluding hydrogens is 388 g/mol. The Kier molecular flexibility index (Phi) is 4.82. The Morgan fingerprint density at radius 3 is 2.69 bits per heavy atom. The molecule has 2 saturated heterocycles. The van der Waals surface area contributed by atoms with Gasteiger partial charge in [-0.25, -0.2) is 8.42 Å². The highest BCUT2D eigenvalue weighted by molar-refractivity contribution is 7.91. The molecule has 1 aromatic carbocycles. The maximum atomic E-state index is 13.8. The van der Waals surface area contributed by atoms with E-state index in [-0.39, 0.29) is 29.6 Å². The molecule has 1 amide bonds. The first kappa shape index (κ1) is 19.0. The minimum Gasteiger partial charge on any atom is -0.376 e. The lowest BCUT2D eigenvalue weighted by molar-refractivity contribution is 0.0442. The first-order valence-corrected chi connectivity index (χ1v) is 12.3. The van der Waals surface area contributed by atoms with E-state index in [1.165, 1.54) is 0 Å². The average Bonchev–Trinajstić information content (AvgIpc) is 3.32. The lowest BCUT2D eigenvalue weighted by Gasteiger charge is -2.31. The third kappa shape index (κ3) is 3.90. The number of benzene rings is 1. The van der Waals surface area contributed by atoms with Crippen LogP contribution in [0.25, 0.3) is 10.9 Å². The Morgan fingerprint density at radius 1 is 1.17 bits per heavy atom. The van der Waals surface area contributed by atoms with Crippen molar-refractivity contribution in [3.8, 4) is 0 Å². The zero-order chi connectivity index (χ0) is 20.0. The van der Waals surface area contributed by atoms with Crippen molar-refractivity contribution >= 4 is 26.6 Å². The molecule has 0 radical (unpaired) electrons. The molecule has 2 aliphatic heterocycles. The predicted molar refractivity (Wildman–Crippen MR) is 111 cm³/mol. The number of hydrogen-bond donors (Lipinski definition) is 0. The van der Waals surface area contributed by atoms with Gasteiger partial charge >= 0.3 is 0 Å². The van der Waals surface area contributed by atoms with Crippen molar-refractivity contribution in [2.24, 2.45) is 0 Å². The maximum absolute atomic E-state index is 13.8. The Bertz CT molecular complexity index is 1040. The quantitative estimate of drug-likeness (QED) is 0.752. The number of ether oxygens (including phenoxy) is 1. The second-order valence-electron chi connectivity index (χ2n) is 8.54. The van der Waals surface area contributed by atoms with Crippen LogP contribution in [0.3, 0.4) is 0 Å². The lowest BCUT2D eigenvalue weighted by atomic mass is 10.0. The fraction of sp³-hybridized carbons (Fsp3) is 0.545. The van der Waals surface area contributed by atoms with Gasteiger partial charge in [0.15, 0.2) is 9.84 Å². The number of aromatic nitrogens is 1. The van der Waals surface area contributed by atoms with Crippen LogP contribution >= 0.6 is 0 Å². The molecule has 0 spiro atoms. The van der Waals surface area contributed by atoms with Gasteiger partial charge in [0.1, 0.15) is 0 Å². The summed E-state index contributed by atoms with van der Waals surface area (Å²) in [5.74, 6) is 0.536. The molecule has 5 rings (SSSR count). The molecule has 29 heavy (non-hydrogen) atoms. The van der Waals surface area contributed by atoms with Gasteiger partial charge < -0.3 is 9.64 Å². The lowest BCUT2D eigenvalue weighted by Crippen LogP contribution is -2.45. The summed E-state index contributed by atoms with van der Waals surface area (Å²) in [7, 11) is -3.09. The summed E-state index contributed by atoms with van der Waals surface area (Å²) in [5, 5.41) is 0.833. The van der Waals surface area contributed by atoms with Gasteiger partial charge in [0.2, 0.25) is 0 Å². The van der Waals surface area contributed by atoms with E-state index in [1.807, 2.05) is 30.3 Å². The minimum atomic E-state index is -3.09. The van der Waals surface area contributed by atoms with E-state index < -0.39 is 9.84 Å². The first-order chi connectivity index (χ1) is 14.0. The fourth-order valence-electron chi connectivity index (χ4n) is 4.54. The first-order valence-electron chi connectivity index (χ1n) is 10.5. The minimum absolute atomic E-state index is 0.0155. The Hall–Kier alpha value is -1.99. The maximum Gasteiger partial charge on any atom is 0.254 e. The normalized spacial score (nSPS) is 26.1. The summed E-state index contributed by atoms with van der Waals surface area (Å²) in [5.41, 5.74) is 2.44. The van der Waals surface area contributed by atoms with Crippen molar-refractivity contribution in [2.75, 3.05) is 24.7 Å². The van der Waals surface area contributed by atoms with Crippen molar-refractivity contribution < 1.29 is 17.9 Å². The average molecular weight is 415 g/mol. The van der Waals surface area contributed by atoms with E-state index in [0.29, 0.717) is 31.1 Å². The number of hydrogen-bond acceptors (Lipinski definition) is 5. The molecule has 3 aliphatic rings. The number of sulfone groups is 1. The van der Waals surface area contributed by atoms with Gasteiger partial charge in [-0.1, -0.05) is 18.2 Å². The van der Waals surface area contributed by atoms with Crippen molar-refractivity contribution in [3.63, 3.8) is 0 Å². The Balaban J connectivity index is 1.54. The Morgan fingerprint density at radius 2 is 2.00 bits per heavy atom. The summed E-state index contributed by atoms with van der Waals surface area (Å²) in [6.45, 7) is 1.16. The van der Waals surface area contributed by atoms with Gasteiger partial charge in [-0.15, -0.1) is 0 Å². The summed E-state index contributed by atoms with van der Waals surface area (Å²) < 4.78 is 30.0. The molecule has 3 fully saturated rings. The number of rotatable bonds is 5. The topological polar surface area (TPSA) is 76.6 Å². The highest BCUT2D eigenvalue weighted by Gasteiger charge is 2.37. The van der Waals surface area contributed by atoms with Crippen molar-refractivity contribution in [2.45, 2.75) is 50.2 Å². The largest absolute Gasteiger partial charge is 0.376 e. The molecule has 1 saturated carbocycles. The summed E-state index contributed by atoms with van der Waals surface area (Å²) in [6.07, 6.45) is 4.60. The van der Waals surface area contributed by atoms with Crippen LogP contribution in [0.2, 0.25) is 0 Å². The van der Waals surface area contributed by atoms with Crippen molar-refractivity contribution in [1.29, 1.82) is 0 Å². The van der Waals surface area contributed by atoms with Gasteiger partial charge in [-0.3, -0.25) is 9.78 Å². The van der Waals surface area contributed by atoms with Crippen LogP contribution in [-0.2, 0) is 14.6 Å². The number of para-hydroxylation sites is 1. The van der Waals surface area contributed by atoms with Crippen LogP contribution in [0.5, 0.6) is 0 Å². The molecule has 2 aromatic rings. The van der Waals surface area contributed by atoms with Crippen LogP contribution in [-0.4, -0.2) is 61.0 Å². The highest BCUT2D eigenvalue weighted by Crippen LogP contribution is 2.40. The number of fused-ring (bicyclic) bond motifs is 1. The third-order valence-electron chi connectivity index (χ3n) is 6.30. The van der Waals surface area contributed by atoms with Gasteiger partial charge in [-0.2, -0.15) is 0 Å². The van der Waals surface area contributed by atoms with E-state index in [1.54, 1.807) is 4.90 Å². The number of carbonyl (C=O) groups excluding carboxylic acids is 1. The highest BCUT2D eigenvalue weighted by atomic mass is 32.2. The van der Waals surface area contributed by atoms with Crippen LogP contribution < -0.4 is 0 Å². The van der Waals surface area contributed by atoms with Crippen molar-refractivity contribution in [1.82, 2.24) is 9.88 Å². The fourth-order valence-corrected chi connectivity index (χ4v) is 6.27. The third-order valence-corrected chi connectivity index (χ3v) is 8.05. The van der Waals surface area contributed by atoms with Crippen LogP contribution in [0.15, 0.2) is 30.3 Å². The number of nitrogens with zero attached hydrogens (tertiary/aromatic N) is 2. The molecule has 7 heteroatoms. The van der Waals surface area contributed by atoms with E-state index in [4.69, 9.17) is 9.72 Å². The van der Waals surface area contributed by atoms with Gasteiger partial charge in [0.05, 0.1) is 28.7 Å². The van der Waals surface area contributed by atoms with Gasteiger partial charge in [-0.05, 0) is 44.2 Å². The number of pyridine rings is 1. The molecule has 0 unspecified atom stereocenters. The van der Waals surface area contributed by atoms with E-state index in [9.17, 15) is 13.2 Å². The molecule has 1 aliphatic carbocycles. The molecule has 1 aromatic heterocycles. The smallest absolute Gasteiger partial charge is 0.254 e. The molecule has 2 atom stereocenters. The molecule has 3 heterocycles. The standard InChI is InChI=1S/C22H26N2O4S/c25-22(19-12-21(15-7-8-15)23-20-6-2-1-5-18(19)20)24(13-17-4-3-10-28-17)16-9-11-29(26,27)14-16/h1-2,5-6,12,15-17H,3-4,7-11,13-14H2/t16-,17+/m0/s1. The van der Waals surface area contributed by atoms with E-state index >= 15 is 0 Å². The molecular formula is C22H26N2O4S. The second-order valence-corrected chi connectivity index (χ2v) is 10.8. The van der Waals surface area contributed by atoms with Crippen LogP contribution in [0.1, 0.15) is 54.1 Å². The summed E-state index contributed by atoms with van der Waals surface area (Å²) >= 11 is 0. The van der Waals surface area contributed by atoms with Gasteiger partial charge in [0, 0.05) is 36.2 Å². The predicted octanol–water partition coefficient (Wildman–Crippen LogP) is 2.92. The van der Waals surface area contributed by atoms with E-state index in [2.05, 4.69) is 0 Å². The Labute approximate surface area is 171 Å². The monoisotopic (exact) mass is 414 g/mol. The molecule has 6 nitrogen and oxygen atoms in total. The van der Waals surface area contributed by atoms with Crippen LogP contribution in [0.4, 0.5) is 0 Å². The summed E-state index contributed by atoms with van der Waals surface area (Å²) in [4.78, 5) is 20.3. The van der Waals surface area contributed by atoms with Crippen molar-refractivity contribution in [3.05, 3.63) is 41.6 Å². The molecule has 0 bridgehead atoms. The summed E-state index contributed by atoms with van der Waals surface area (Å²) in [6, 6.07) is 9.39.